The highest BCUT2D eigenvalue weighted by Gasteiger charge is 2.27. The van der Waals surface area contributed by atoms with Crippen LogP contribution in [-0.2, 0) is 10.0 Å². The number of benzene rings is 2. The average molecular weight is 370 g/mol. The van der Waals surface area contributed by atoms with Crippen molar-refractivity contribution < 1.29 is 13.2 Å². The third-order valence-corrected chi connectivity index (χ3v) is 5.61. The van der Waals surface area contributed by atoms with Gasteiger partial charge in [-0.3, -0.25) is 4.79 Å². The molecular weight excluding hydrogens is 348 g/mol. The fourth-order valence-electron chi connectivity index (χ4n) is 3.10. The number of hydrogen-bond donors (Lipinski definition) is 1. The number of likely N-dealkylation sites (tertiary alicyclic amines) is 1. The monoisotopic (exact) mass is 370 g/mol. The summed E-state index contributed by atoms with van der Waals surface area (Å²) in [5.74, 6) is 0.107. The molecule has 2 aromatic carbocycles. The minimum atomic E-state index is -3.42. The van der Waals surface area contributed by atoms with Crippen LogP contribution >= 0.6 is 0 Å². The lowest BCUT2D eigenvalue weighted by Gasteiger charge is -2.17. The van der Waals surface area contributed by atoms with E-state index in [0.717, 1.165) is 23.0 Å². The highest BCUT2D eigenvalue weighted by Crippen LogP contribution is 2.22. The van der Waals surface area contributed by atoms with Crippen molar-refractivity contribution in [3.63, 3.8) is 0 Å². The zero-order valence-electron chi connectivity index (χ0n) is 14.5. The summed E-state index contributed by atoms with van der Waals surface area (Å²) in [7, 11) is -3.42. The standard InChI is InChI=1S/C20H22N2O3S/c1-2-26(24,25)21-14-16-12-13-22(15-16)20(23)19-10-8-18(9-11-19)17-6-4-3-5-7-17/h2-11,16,21H,1,12-15H2. The largest absolute Gasteiger partial charge is 0.338 e. The van der Waals surface area contributed by atoms with E-state index in [1.54, 1.807) is 4.90 Å². The first kappa shape index (κ1) is 18.4. The Kier molecular flexibility index (Phi) is 5.54. The minimum absolute atomic E-state index is 0.0151. The molecule has 26 heavy (non-hydrogen) atoms. The first-order valence-corrected chi connectivity index (χ1v) is 10.1. The van der Waals surface area contributed by atoms with Gasteiger partial charge >= 0.3 is 0 Å². The first-order chi connectivity index (χ1) is 12.5. The summed E-state index contributed by atoms with van der Waals surface area (Å²) in [6, 6.07) is 17.6. The maximum atomic E-state index is 12.7. The molecule has 1 amide bonds. The molecule has 0 radical (unpaired) electrons. The number of hydrogen-bond acceptors (Lipinski definition) is 3. The smallest absolute Gasteiger partial charge is 0.253 e. The van der Waals surface area contributed by atoms with Crippen LogP contribution in [0.3, 0.4) is 0 Å². The van der Waals surface area contributed by atoms with Crippen LogP contribution < -0.4 is 4.72 Å². The zero-order valence-corrected chi connectivity index (χ0v) is 15.3. The van der Waals surface area contributed by atoms with E-state index >= 15 is 0 Å². The second kappa shape index (κ2) is 7.85. The van der Waals surface area contributed by atoms with Gasteiger partial charge in [0.25, 0.3) is 5.91 Å². The maximum Gasteiger partial charge on any atom is 0.253 e. The lowest BCUT2D eigenvalue weighted by molar-refractivity contribution is 0.0787. The molecule has 1 atom stereocenters. The number of amides is 1. The fraction of sp³-hybridized carbons (Fsp3) is 0.250. The fourth-order valence-corrected chi connectivity index (χ4v) is 3.68. The second-order valence-electron chi connectivity index (χ2n) is 6.41. The van der Waals surface area contributed by atoms with E-state index in [1.165, 1.54) is 0 Å². The highest BCUT2D eigenvalue weighted by molar-refractivity contribution is 7.92. The van der Waals surface area contributed by atoms with Gasteiger partial charge in [-0.15, -0.1) is 0 Å². The molecule has 1 unspecified atom stereocenters. The molecule has 0 aromatic heterocycles. The number of nitrogens with one attached hydrogen (secondary N) is 1. The molecule has 1 aliphatic heterocycles. The van der Waals surface area contributed by atoms with Crippen molar-refractivity contribution >= 4 is 15.9 Å². The quantitative estimate of drug-likeness (QED) is 0.850. The third kappa shape index (κ3) is 4.39. The highest BCUT2D eigenvalue weighted by atomic mass is 32.2. The van der Waals surface area contributed by atoms with E-state index in [4.69, 9.17) is 0 Å². The van der Waals surface area contributed by atoms with Gasteiger partial charge in [0, 0.05) is 30.6 Å². The average Bonchev–Trinajstić information content (AvgIpc) is 3.16. The first-order valence-electron chi connectivity index (χ1n) is 8.55. The minimum Gasteiger partial charge on any atom is -0.338 e. The van der Waals surface area contributed by atoms with Crippen molar-refractivity contribution in [1.29, 1.82) is 0 Å². The molecular formula is C20H22N2O3S. The Morgan fingerprint density at radius 1 is 1.12 bits per heavy atom. The summed E-state index contributed by atoms with van der Waals surface area (Å²) < 4.78 is 25.4. The van der Waals surface area contributed by atoms with Crippen LogP contribution in [0.1, 0.15) is 16.8 Å². The van der Waals surface area contributed by atoms with Gasteiger partial charge in [-0.05, 0) is 35.6 Å². The molecule has 1 saturated heterocycles. The van der Waals surface area contributed by atoms with Crippen LogP contribution in [0.15, 0.2) is 66.6 Å². The van der Waals surface area contributed by atoms with E-state index in [2.05, 4.69) is 11.3 Å². The van der Waals surface area contributed by atoms with Crippen LogP contribution in [0.4, 0.5) is 0 Å². The molecule has 0 saturated carbocycles. The molecule has 0 aliphatic carbocycles. The predicted molar refractivity (Wildman–Crippen MR) is 103 cm³/mol. The summed E-state index contributed by atoms with van der Waals surface area (Å²) in [5.41, 5.74) is 2.83. The van der Waals surface area contributed by atoms with Crippen LogP contribution in [-0.4, -0.2) is 38.9 Å². The van der Waals surface area contributed by atoms with E-state index in [-0.39, 0.29) is 11.8 Å². The van der Waals surface area contributed by atoms with Crippen molar-refractivity contribution in [2.75, 3.05) is 19.6 Å². The maximum absolute atomic E-state index is 12.7. The van der Waals surface area contributed by atoms with Gasteiger partial charge in [0.15, 0.2) is 0 Å². The van der Waals surface area contributed by atoms with Crippen molar-refractivity contribution in [2.24, 2.45) is 5.92 Å². The van der Waals surface area contributed by atoms with Gasteiger partial charge in [0.05, 0.1) is 0 Å². The Balaban J connectivity index is 1.60. The van der Waals surface area contributed by atoms with Crippen molar-refractivity contribution in [2.45, 2.75) is 6.42 Å². The van der Waals surface area contributed by atoms with Crippen LogP contribution in [0.2, 0.25) is 0 Å². The molecule has 2 aromatic rings. The van der Waals surface area contributed by atoms with Gasteiger partial charge in [-0.2, -0.15) is 0 Å². The van der Waals surface area contributed by atoms with Gasteiger partial charge in [0.1, 0.15) is 0 Å². The van der Waals surface area contributed by atoms with Crippen LogP contribution in [0.5, 0.6) is 0 Å². The topological polar surface area (TPSA) is 66.5 Å². The second-order valence-corrected chi connectivity index (χ2v) is 8.12. The summed E-state index contributed by atoms with van der Waals surface area (Å²) >= 11 is 0. The Hall–Kier alpha value is -2.44. The normalized spacial score (nSPS) is 17.2. The summed E-state index contributed by atoms with van der Waals surface area (Å²) in [6.45, 7) is 4.79. The van der Waals surface area contributed by atoms with Gasteiger partial charge in [-0.25, -0.2) is 13.1 Å². The molecule has 136 valence electrons. The lowest BCUT2D eigenvalue weighted by Crippen LogP contribution is -2.32. The van der Waals surface area contributed by atoms with E-state index in [0.29, 0.717) is 25.2 Å². The molecule has 1 heterocycles. The summed E-state index contributed by atoms with van der Waals surface area (Å²) in [5, 5.41) is 0.902. The van der Waals surface area contributed by atoms with Crippen LogP contribution in [0, 0.1) is 5.92 Å². The van der Waals surface area contributed by atoms with Crippen molar-refractivity contribution in [1.82, 2.24) is 9.62 Å². The SMILES string of the molecule is C=CS(=O)(=O)NCC1CCN(C(=O)c2ccc(-c3ccccc3)cc2)C1. The Morgan fingerprint density at radius 2 is 1.77 bits per heavy atom. The molecule has 1 aliphatic rings. The summed E-state index contributed by atoms with van der Waals surface area (Å²) in [6.07, 6.45) is 0.785. The third-order valence-electron chi connectivity index (χ3n) is 4.60. The molecule has 0 bridgehead atoms. The number of carbonyl (C=O) groups excluding carboxylic acids is 1. The Morgan fingerprint density at radius 3 is 2.42 bits per heavy atom. The van der Waals surface area contributed by atoms with E-state index in [1.807, 2.05) is 54.6 Å². The zero-order chi connectivity index (χ0) is 18.6. The number of carbonyl (C=O) groups is 1. The molecule has 3 rings (SSSR count). The van der Waals surface area contributed by atoms with E-state index in [9.17, 15) is 13.2 Å². The number of rotatable bonds is 6. The molecule has 0 spiro atoms. The summed E-state index contributed by atoms with van der Waals surface area (Å²) in [4.78, 5) is 14.5. The van der Waals surface area contributed by atoms with Crippen LogP contribution in [0.25, 0.3) is 11.1 Å². The van der Waals surface area contributed by atoms with Gasteiger partial charge in [0.2, 0.25) is 10.0 Å². The molecule has 5 nitrogen and oxygen atoms in total. The van der Waals surface area contributed by atoms with Gasteiger partial charge in [-0.1, -0.05) is 49.0 Å². The Bertz CT molecular complexity index is 877. The van der Waals surface area contributed by atoms with E-state index < -0.39 is 10.0 Å². The van der Waals surface area contributed by atoms with Crippen molar-refractivity contribution in [3.8, 4) is 11.1 Å². The molecule has 6 heteroatoms. The Labute approximate surface area is 154 Å². The molecule has 1 fully saturated rings. The van der Waals surface area contributed by atoms with Gasteiger partial charge < -0.3 is 4.90 Å². The predicted octanol–water partition coefficient (Wildman–Crippen LogP) is 2.88. The number of nitrogens with zero attached hydrogens (tertiary/aromatic N) is 1. The molecule has 1 N–H and O–H groups in total. The number of sulfonamides is 1. The lowest BCUT2D eigenvalue weighted by atomic mass is 10.0. The van der Waals surface area contributed by atoms with Crippen molar-refractivity contribution in [3.05, 3.63) is 72.1 Å².